The molecule has 1 unspecified atom stereocenters. The number of ether oxygens (including phenoxy) is 2. The van der Waals surface area contributed by atoms with E-state index in [0.717, 1.165) is 4.57 Å². The molecule has 1 aromatic rings. The van der Waals surface area contributed by atoms with Crippen LogP contribution in [0.2, 0.25) is 0 Å². The summed E-state index contributed by atoms with van der Waals surface area (Å²) in [6.45, 7) is 0.0686. The lowest BCUT2D eigenvalue weighted by Gasteiger charge is -2.38. The molecule has 0 aliphatic carbocycles. The Hall–Kier alpha value is -2.14. The van der Waals surface area contributed by atoms with Crippen LogP contribution in [0.3, 0.4) is 0 Å². The van der Waals surface area contributed by atoms with Crippen LogP contribution in [-0.4, -0.2) is 90.9 Å². The lowest BCUT2D eigenvalue weighted by atomic mass is 10.00. The number of hydrogen-bond donors (Lipinski definition) is 6. The van der Waals surface area contributed by atoms with Gasteiger partial charge in [-0.2, -0.15) is 0 Å². The van der Waals surface area contributed by atoms with Crippen LogP contribution in [-0.2, 0) is 23.1 Å². The SMILES string of the molecule is Cc1cn([C@H]2C[C@H](N=[N+]=[N-])[C@@H](COP(=O)(O)OC[C@H]3O[C@H](O)[C@H](O)[C@@H](O)[C@@H]3O)O2)c(=O)[nH]c1=O. The Morgan fingerprint density at radius 2 is 1.82 bits per heavy atom. The van der Waals surface area contributed by atoms with E-state index in [4.69, 9.17) is 24.1 Å². The molecule has 0 bridgehead atoms. The molecule has 0 saturated carbocycles. The number of aromatic amines is 1. The predicted molar refractivity (Wildman–Crippen MR) is 108 cm³/mol. The standard InChI is InChI=1S/C16H24N5O12P/c1-6-3-21(16(27)18-14(6)25)10-2-7(19-20-17)8(32-10)4-30-34(28,29)31-5-9-11(22)12(23)13(24)15(26)33-9/h3,7-13,15,22-24,26H,2,4-5H2,1H3,(H,28,29)(H,18,25,27)/t7-,8+,9+,10+,11+,12-,13+,15-/m0/s1. The Kier molecular flexibility index (Phi) is 8.28. The Morgan fingerprint density at radius 1 is 1.18 bits per heavy atom. The number of aliphatic hydroxyl groups excluding tert-OH is 4. The number of H-pyrrole nitrogens is 1. The molecule has 2 aliphatic rings. The summed E-state index contributed by atoms with van der Waals surface area (Å²) >= 11 is 0. The van der Waals surface area contributed by atoms with Gasteiger partial charge in [0.15, 0.2) is 6.29 Å². The molecule has 3 rings (SSSR count). The van der Waals surface area contributed by atoms with Crippen molar-refractivity contribution >= 4 is 7.82 Å². The van der Waals surface area contributed by atoms with Crippen molar-refractivity contribution in [3.8, 4) is 0 Å². The minimum absolute atomic E-state index is 0.000272. The van der Waals surface area contributed by atoms with Gasteiger partial charge in [0.05, 0.1) is 25.4 Å². The molecule has 0 radical (unpaired) electrons. The number of aliphatic hydroxyl groups is 4. The maximum atomic E-state index is 12.2. The molecule has 18 heteroatoms. The maximum Gasteiger partial charge on any atom is 0.472 e. The van der Waals surface area contributed by atoms with Crippen LogP contribution in [0.1, 0.15) is 18.2 Å². The van der Waals surface area contributed by atoms with Crippen molar-refractivity contribution in [3.05, 3.63) is 43.0 Å². The minimum Gasteiger partial charge on any atom is -0.387 e. The molecule has 9 atom stereocenters. The third-order valence-electron chi connectivity index (χ3n) is 5.35. The Labute approximate surface area is 190 Å². The van der Waals surface area contributed by atoms with E-state index in [-0.39, 0.29) is 12.0 Å². The molecule has 2 aliphatic heterocycles. The number of aryl methyl sites for hydroxylation is 1. The topological polar surface area (TPSA) is 259 Å². The first-order valence-electron chi connectivity index (χ1n) is 9.95. The fourth-order valence-electron chi connectivity index (χ4n) is 3.46. The van der Waals surface area contributed by atoms with Gasteiger partial charge in [0.25, 0.3) is 5.56 Å². The Balaban J connectivity index is 1.62. The zero-order valence-electron chi connectivity index (χ0n) is 17.6. The second kappa shape index (κ2) is 10.6. The Bertz CT molecular complexity index is 1090. The molecule has 17 nitrogen and oxygen atoms in total. The summed E-state index contributed by atoms with van der Waals surface area (Å²) in [6.07, 6.45) is -9.40. The monoisotopic (exact) mass is 509 g/mol. The summed E-state index contributed by atoms with van der Waals surface area (Å²) in [7, 11) is -4.80. The fraction of sp³-hybridized carbons (Fsp3) is 0.750. The first kappa shape index (κ1) is 26.5. The van der Waals surface area contributed by atoms with Gasteiger partial charge in [-0.3, -0.25) is 23.4 Å². The van der Waals surface area contributed by atoms with Gasteiger partial charge in [0, 0.05) is 23.1 Å². The fourth-order valence-corrected chi connectivity index (χ4v) is 4.21. The van der Waals surface area contributed by atoms with Crippen molar-refractivity contribution in [2.24, 2.45) is 5.11 Å². The average molecular weight is 509 g/mol. The van der Waals surface area contributed by atoms with E-state index in [1.165, 1.54) is 13.1 Å². The van der Waals surface area contributed by atoms with E-state index < -0.39 is 81.4 Å². The van der Waals surface area contributed by atoms with Gasteiger partial charge in [-0.25, -0.2) is 9.36 Å². The maximum absolute atomic E-state index is 12.2. The third kappa shape index (κ3) is 5.91. The molecule has 0 aromatic carbocycles. The van der Waals surface area contributed by atoms with E-state index >= 15 is 0 Å². The molecule has 2 fully saturated rings. The van der Waals surface area contributed by atoms with Crippen molar-refractivity contribution in [3.63, 3.8) is 0 Å². The number of nitrogens with one attached hydrogen (secondary N) is 1. The second-order valence-electron chi connectivity index (χ2n) is 7.71. The van der Waals surface area contributed by atoms with Crippen molar-refractivity contribution in [2.45, 2.75) is 62.4 Å². The summed E-state index contributed by atoms with van der Waals surface area (Å²) in [4.78, 5) is 38.4. The molecule has 2 saturated heterocycles. The number of phosphoric acid groups is 1. The molecular weight excluding hydrogens is 485 g/mol. The molecule has 1 aromatic heterocycles. The lowest BCUT2D eigenvalue weighted by Crippen LogP contribution is -2.58. The molecule has 0 spiro atoms. The largest absolute Gasteiger partial charge is 0.472 e. The van der Waals surface area contributed by atoms with Gasteiger partial charge in [-0.05, 0) is 12.5 Å². The quantitative estimate of drug-likeness (QED) is 0.0939. The predicted octanol–water partition coefficient (Wildman–Crippen LogP) is -2.26. The molecule has 190 valence electrons. The van der Waals surface area contributed by atoms with E-state index in [1.807, 2.05) is 0 Å². The second-order valence-corrected chi connectivity index (χ2v) is 9.17. The van der Waals surface area contributed by atoms with Gasteiger partial charge < -0.3 is 34.8 Å². The van der Waals surface area contributed by atoms with Crippen molar-refractivity contribution in [1.82, 2.24) is 9.55 Å². The number of nitrogens with zero attached hydrogens (tertiary/aromatic N) is 4. The molecule has 3 heterocycles. The molecule has 6 N–H and O–H groups in total. The summed E-state index contributed by atoms with van der Waals surface area (Å²) < 4.78 is 33.4. The van der Waals surface area contributed by atoms with Gasteiger partial charge >= 0.3 is 13.5 Å². The van der Waals surface area contributed by atoms with E-state index in [2.05, 4.69) is 15.0 Å². The first-order valence-corrected chi connectivity index (χ1v) is 11.4. The van der Waals surface area contributed by atoms with Crippen LogP contribution in [0, 0.1) is 6.92 Å². The molecule has 34 heavy (non-hydrogen) atoms. The molecular formula is C16H24N5O12P. The highest BCUT2D eigenvalue weighted by molar-refractivity contribution is 7.47. The Morgan fingerprint density at radius 3 is 2.47 bits per heavy atom. The third-order valence-corrected chi connectivity index (χ3v) is 6.30. The van der Waals surface area contributed by atoms with Crippen molar-refractivity contribution < 1.29 is 48.4 Å². The zero-order chi connectivity index (χ0) is 25.2. The number of rotatable bonds is 8. The number of hydrogen-bond acceptors (Lipinski definition) is 12. The average Bonchev–Trinajstić information content (AvgIpc) is 3.18. The van der Waals surface area contributed by atoms with Crippen LogP contribution in [0.25, 0.3) is 10.4 Å². The summed E-state index contributed by atoms with van der Waals surface area (Å²) in [6, 6.07) is -0.899. The van der Waals surface area contributed by atoms with Crippen LogP contribution < -0.4 is 11.2 Å². The van der Waals surface area contributed by atoms with Gasteiger partial charge in [0.2, 0.25) is 0 Å². The van der Waals surface area contributed by atoms with Gasteiger partial charge in [0.1, 0.15) is 30.6 Å². The van der Waals surface area contributed by atoms with Crippen LogP contribution in [0.15, 0.2) is 20.9 Å². The zero-order valence-corrected chi connectivity index (χ0v) is 18.5. The summed E-state index contributed by atoms with van der Waals surface area (Å²) in [5.41, 5.74) is 7.68. The highest BCUT2D eigenvalue weighted by atomic mass is 31.2. The summed E-state index contributed by atoms with van der Waals surface area (Å²) in [5.74, 6) is 0. The number of azide groups is 1. The number of phosphoric ester groups is 1. The van der Waals surface area contributed by atoms with Crippen LogP contribution in [0.4, 0.5) is 0 Å². The van der Waals surface area contributed by atoms with Gasteiger partial charge in [-0.15, -0.1) is 0 Å². The van der Waals surface area contributed by atoms with E-state index in [9.17, 15) is 39.5 Å². The minimum atomic E-state index is -4.80. The smallest absolute Gasteiger partial charge is 0.387 e. The number of aromatic nitrogens is 2. The van der Waals surface area contributed by atoms with E-state index in [0.29, 0.717) is 0 Å². The van der Waals surface area contributed by atoms with Crippen LogP contribution >= 0.6 is 7.82 Å². The highest BCUT2D eigenvalue weighted by Gasteiger charge is 2.44. The van der Waals surface area contributed by atoms with Gasteiger partial charge in [-0.1, -0.05) is 5.11 Å². The lowest BCUT2D eigenvalue weighted by molar-refractivity contribution is -0.285. The summed E-state index contributed by atoms with van der Waals surface area (Å²) in [5, 5.41) is 42.0. The van der Waals surface area contributed by atoms with E-state index in [1.54, 1.807) is 0 Å². The molecule has 0 amide bonds. The first-order chi connectivity index (χ1) is 15.9. The van der Waals surface area contributed by atoms with Crippen LogP contribution in [0.5, 0.6) is 0 Å². The highest BCUT2D eigenvalue weighted by Crippen LogP contribution is 2.45. The van der Waals surface area contributed by atoms with Crippen molar-refractivity contribution in [2.75, 3.05) is 13.2 Å². The van der Waals surface area contributed by atoms with Crippen molar-refractivity contribution in [1.29, 1.82) is 0 Å². The normalized spacial score (nSPS) is 35.5.